The number of urea groups is 1. The van der Waals surface area contributed by atoms with Crippen molar-refractivity contribution in [3.05, 3.63) is 59.2 Å². The molecule has 0 saturated heterocycles. The van der Waals surface area contributed by atoms with Crippen LogP contribution in [0.1, 0.15) is 24.4 Å². The van der Waals surface area contributed by atoms with Gasteiger partial charge in [-0.05, 0) is 38.1 Å². The molecule has 2 aromatic rings. The maximum Gasteiger partial charge on any atom is 0.374 e. The number of nitrogens with one attached hydrogen (secondary N) is 2. The van der Waals surface area contributed by atoms with Crippen molar-refractivity contribution in [1.82, 2.24) is 10.6 Å². The third-order valence-electron chi connectivity index (χ3n) is 4.16. The largest absolute Gasteiger partial charge is 0.463 e. The van der Waals surface area contributed by atoms with E-state index in [0.29, 0.717) is 0 Å². The average molecular weight is 402 g/mol. The summed E-state index contributed by atoms with van der Waals surface area (Å²) in [7, 11) is 0. The number of esters is 2. The number of hydrogen-bond acceptors (Lipinski definition) is 6. The summed E-state index contributed by atoms with van der Waals surface area (Å²) in [5.41, 5.74) is 0.484. The number of benzene rings is 1. The number of ether oxygens (including phenoxy) is 2. The van der Waals surface area contributed by atoms with E-state index in [4.69, 9.17) is 13.9 Å². The molecule has 0 spiro atoms. The molecule has 29 heavy (non-hydrogen) atoms. The lowest BCUT2D eigenvalue weighted by Crippen LogP contribution is -2.50. The molecule has 0 fully saturated rings. The molecular formula is C20H19FN2O6. The molecule has 3 rings (SSSR count). The molecule has 2 N–H and O–H groups in total. The molecule has 0 unspecified atom stereocenters. The molecule has 1 atom stereocenters. The quantitative estimate of drug-likeness (QED) is 0.720. The predicted octanol–water partition coefficient (Wildman–Crippen LogP) is 2.76. The molecule has 0 bridgehead atoms. The van der Waals surface area contributed by atoms with Gasteiger partial charge in [0.2, 0.25) is 5.76 Å². The summed E-state index contributed by atoms with van der Waals surface area (Å²) in [5, 5.41) is 4.99. The van der Waals surface area contributed by atoms with Crippen molar-refractivity contribution in [2.75, 3.05) is 13.2 Å². The molecule has 152 valence electrons. The second-order valence-electron chi connectivity index (χ2n) is 6.15. The van der Waals surface area contributed by atoms with E-state index in [-0.39, 0.29) is 41.6 Å². The summed E-state index contributed by atoms with van der Waals surface area (Å²) in [5.74, 6) is -1.92. The first-order valence-electron chi connectivity index (χ1n) is 8.90. The van der Waals surface area contributed by atoms with Crippen molar-refractivity contribution in [1.29, 1.82) is 0 Å². The number of amides is 2. The predicted molar refractivity (Wildman–Crippen MR) is 99.2 cm³/mol. The molecule has 1 aromatic heterocycles. The van der Waals surface area contributed by atoms with Crippen LogP contribution in [0.2, 0.25) is 0 Å². The van der Waals surface area contributed by atoms with Crippen LogP contribution in [-0.4, -0.2) is 37.2 Å². The summed E-state index contributed by atoms with van der Waals surface area (Å²) in [6.07, 6.45) is 0. The van der Waals surface area contributed by atoms with Crippen LogP contribution in [0.3, 0.4) is 0 Å². The zero-order chi connectivity index (χ0) is 21.0. The van der Waals surface area contributed by atoms with Gasteiger partial charge in [-0.15, -0.1) is 0 Å². The van der Waals surface area contributed by atoms with E-state index in [9.17, 15) is 18.8 Å². The Morgan fingerprint density at radius 3 is 2.62 bits per heavy atom. The summed E-state index contributed by atoms with van der Waals surface area (Å²) >= 11 is 0. The molecule has 8 nitrogen and oxygen atoms in total. The summed E-state index contributed by atoms with van der Waals surface area (Å²) in [4.78, 5) is 36.2. The van der Waals surface area contributed by atoms with Crippen molar-refractivity contribution in [2.24, 2.45) is 0 Å². The first-order chi connectivity index (χ1) is 13.9. The summed E-state index contributed by atoms with van der Waals surface area (Å²) in [6, 6.07) is 7.64. The Balaban J connectivity index is 1.75. The van der Waals surface area contributed by atoms with Gasteiger partial charge in [-0.1, -0.05) is 12.1 Å². The van der Waals surface area contributed by atoms with Crippen LogP contribution in [0, 0.1) is 5.82 Å². The summed E-state index contributed by atoms with van der Waals surface area (Å²) in [6.45, 7) is 3.05. The van der Waals surface area contributed by atoms with Gasteiger partial charge in [-0.25, -0.2) is 18.8 Å². The van der Waals surface area contributed by atoms with Crippen molar-refractivity contribution in [3.8, 4) is 11.3 Å². The number of hydrogen-bond donors (Lipinski definition) is 2. The monoisotopic (exact) mass is 402 g/mol. The van der Waals surface area contributed by atoms with Crippen molar-refractivity contribution in [3.63, 3.8) is 0 Å². The fraction of sp³-hybridized carbons (Fsp3) is 0.250. The molecule has 1 aliphatic heterocycles. The van der Waals surface area contributed by atoms with Gasteiger partial charge in [-0.2, -0.15) is 0 Å². The van der Waals surface area contributed by atoms with Gasteiger partial charge in [0, 0.05) is 0 Å². The summed E-state index contributed by atoms with van der Waals surface area (Å²) < 4.78 is 29.4. The molecule has 9 heteroatoms. The lowest BCUT2D eigenvalue weighted by Gasteiger charge is -2.26. The molecule has 1 aliphatic rings. The van der Waals surface area contributed by atoms with E-state index in [1.807, 2.05) is 0 Å². The van der Waals surface area contributed by atoms with Gasteiger partial charge in [0.1, 0.15) is 18.2 Å². The van der Waals surface area contributed by atoms with E-state index in [0.717, 1.165) is 0 Å². The van der Waals surface area contributed by atoms with Crippen LogP contribution in [0.4, 0.5) is 9.18 Å². The van der Waals surface area contributed by atoms with E-state index in [1.165, 1.54) is 24.3 Å². The second-order valence-corrected chi connectivity index (χ2v) is 6.15. The highest BCUT2D eigenvalue weighted by atomic mass is 19.1. The Hall–Kier alpha value is -3.62. The normalized spacial score (nSPS) is 16.1. The Bertz CT molecular complexity index is 981. The molecule has 2 amide bonds. The highest BCUT2D eigenvalue weighted by Crippen LogP contribution is 2.25. The van der Waals surface area contributed by atoms with Crippen LogP contribution in [0.25, 0.3) is 11.3 Å². The van der Waals surface area contributed by atoms with E-state index >= 15 is 0 Å². The SMILES string of the molecule is CCOC(=O)C1=C(COC(=O)c2ccc(-c3ccccc3F)o2)NC(=O)N[C@H]1C. The topological polar surface area (TPSA) is 107 Å². The number of furan rings is 1. The third kappa shape index (κ3) is 4.45. The standard InChI is InChI=1S/C20H19FN2O6/c1-3-27-19(25)17-11(2)22-20(26)23-14(17)10-28-18(24)16-9-8-15(29-16)12-6-4-5-7-13(12)21/h4-9,11H,3,10H2,1-2H3,(H2,22,23,26)/t11-/m0/s1. The number of carbonyl (C=O) groups excluding carboxylic acids is 3. The Morgan fingerprint density at radius 2 is 1.90 bits per heavy atom. The minimum absolute atomic E-state index is 0.119. The Morgan fingerprint density at radius 1 is 1.14 bits per heavy atom. The molecular weight excluding hydrogens is 383 g/mol. The number of halogens is 1. The van der Waals surface area contributed by atoms with E-state index in [1.54, 1.807) is 26.0 Å². The first-order valence-corrected chi connectivity index (χ1v) is 8.90. The highest BCUT2D eigenvalue weighted by molar-refractivity contribution is 5.95. The van der Waals surface area contributed by atoms with Gasteiger partial charge < -0.3 is 24.5 Å². The lowest BCUT2D eigenvalue weighted by atomic mass is 10.0. The van der Waals surface area contributed by atoms with Gasteiger partial charge in [0.15, 0.2) is 0 Å². The molecule has 2 heterocycles. The van der Waals surface area contributed by atoms with Crippen LogP contribution < -0.4 is 10.6 Å². The molecule has 0 aliphatic carbocycles. The van der Waals surface area contributed by atoms with E-state index < -0.39 is 29.8 Å². The van der Waals surface area contributed by atoms with Crippen molar-refractivity contribution < 1.29 is 32.7 Å². The fourth-order valence-electron chi connectivity index (χ4n) is 2.86. The third-order valence-corrected chi connectivity index (χ3v) is 4.16. The van der Waals surface area contributed by atoms with Crippen LogP contribution >= 0.6 is 0 Å². The number of carbonyl (C=O) groups is 3. The maximum absolute atomic E-state index is 13.9. The minimum Gasteiger partial charge on any atom is -0.463 e. The average Bonchev–Trinajstić information content (AvgIpc) is 3.16. The Labute approximate surface area is 165 Å². The van der Waals surface area contributed by atoms with Crippen LogP contribution in [0.5, 0.6) is 0 Å². The molecule has 0 saturated carbocycles. The zero-order valence-electron chi connectivity index (χ0n) is 15.8. The first kappa shape index (κ1) is 20.1. The minimum atomic E-state index is -0.830. The number of rotatable bonds is 6. The fourth-order valence-corrected chi connectivity index (χ4v) is 2.86. The van der Waals surface area contributed by atoms with Crippen LogP contribution in [0.15, 0.2) is 52.1 Å². The van der Waals surface area contributed by atoms with Gasteiger partial charge in [0.05, 0.1) is 29.5 Å². The second kappa shape index (κ2) is 8.59. The smallest absolute Gasteiger partial charge is 0.374 e. The van der Waals surface area contributed by atoms with Gasteiger partial charge >= 0.3 is 18.0 Å². The zero-order valence-corrected chi connectivity index (χ0v) is 15.8. The Kier molecular flexibility index (Phi) is 5.96. The highest BCUT2D eigenvalue weighted by Gasteiger charge is 2.30. The van der Waals surface area contributed by atoms with Crippen LogP contribution in [-0.2, 0) is 14.3 Å². The van der Waals surface area contributed by atoms with Gasteiger partial charge in [-0.3, -0.25) is 0 Å². The van der Waals surface area contributed by atoms with Crippen molar-refractivity contribution in [2.45, 2.75) is 19.9 Å². The maximum atomic E-state index is 13.9. The lowest BCUT2D eigenvalue weighted by molar-refractivity contribution is -0.139. The van der Waals surface area contributed by atoms with Gasteiger partial charge in [0.25, 0.3) is 0 Å². The van der Waals surface area contributed by atoms with Crippen molar-refractivity contribution >= 4 is 18.0 Å². The molecule has 1 aromatic carbocycles. The molecule has 0 radical (unpaired) electrons. The van der Waals surface area contributed by atoms with E-state index in [2.05, 4.69) is 10.6 Å².